The fourth-order valence-corrected chi connectivity index (χ4v) is 3.84. The quantitative estimate of drug-likeness (QED) is 0.925. The third kappa shape index (κ3) is 2.84. The molecule has 0 spiro atoms. The summed E-state index contributed by atoms with van der Waals surface area (Å²) in [4.78, 5) is 9.49. The Morgan fingerprint density at radius 1 is 1.22 bits per heavy atom. The number of pyridine rings is 1. The Balaban J connectivity index is 1.52. The van der Waals surface area contributed by atoms with Gasteiger partial charge in [-0.2, -0.15) is 0 Å². The summed E-state index contributed by atoms with van der Waals surface area (Å²) < 4.78 is 0. The monoisotopic (exact) mass is 309 g/mol. The van der Waals surface area contributed by atoms with Crippen LogP contribution in [0.1, 0.15) is 29.2 Å². The Morgan fingerprint density at radius 2 is 2.04 bits per heavy atom. The summed E-state index contributed by atoms with van der Waals surface area (Å²) in [5, 5.41) is 10.5. The van der Waals surface area contributed by atoms with Gasteiger partial charge in [-0.15, -0.1) is 0 Å². The Morgan fingerprint density at radius 3 is 2.87 bits per heavy atom. The van der Waals surface area contributed by atoms with Crippen molar-refractivity contribution in [2.24, 2.45) is 0 Å². The lowest BCUT2D eigenvalue weighted by Gasteiger charge is -2.46. The molecule has 0 radical (unpaired) electrons. The maximum absolute atomic E-state index is 10.5. The largest absolute Gasteiger partial charge is 0.388 e. The average Bonchev–Trinajstić information content (AvgIpc) is 2.56. The van der Waals surface area contributed by atoms with Gasteiger partial charge in [-0.1, -0.05) is 30.3 Å². The molecule has 2 aromatic rings. The van der Waals surface area contributed by atoms with E-state index < -0.39 is 6.10 Å². The smallest absolute Gasteiger partial charge is 0.134 e. The number of aliphatic hydroxyl groups is 1. The number of hydrogen-bond donors (Lipinski definition) is 1. The zero-order valence-corrected chi connectivity index (χ0v) is 13.5. The van der Waals surface area contributed by atoms with Crippen LogP contribution in [0.4, 0.5) is 5.82 Å². The van der Waals surface area contributed by atoms with Gasteiger partial charge in [-0.25, -0.2) is 4.98 Å². The summed E-state index contributed by atoms with van der Waals surface area (Å²) in [6.07, 6.45) is 2.31. The highest BCUT2D eigenvalue weighted by Gasteiger charge is 2.36. The molecule has 3 heterocycles. The second-order valence-electron chi connectivity index (χ2n) is 6.74. The van der Waals surface area contributed by atoms with Gasteiger partial charge in [-0.3, -0.25) is 4.90 Å². The van der Waals surface area contributed by atoms with Gasteiger partial charge < -0.3 is 10.0 Å². The Bertz CT molecular complexity index is 688. The van der Waals surface area contributed by atoms with Gasteiger partial charge >= 0.3 is 0 Å². The van der Waals surface area contributed by atoms with Crippen LogP contribution in [0.3, 0.4) is 0 Å². The lowest BCUT2D eigenvalue weighted by molar-refractivity contribution is 0.119. The molecule has 1 saturated heterocycles. The first kappa shape index (κ1) is 14.7. The molecule has 1 aromatic carbocycles. The number of rotatable bonds is 2. The van der Waals surface area contributed by atoms with Crippen LogP contribution in [0.2, 0.25) is 0 Å². The molecule has 4 rings (SSSR count). The van der Waals surface area contributed by atoms with Crippen molar-refractivity contribution in [2.75, 3.05) is 24.5 Å². The first-order chi connectivity index (χ1) is 11.2. The minimum Gasteiger partial charge on any atom is -0.388 e. The van der Waals surface area contributed by atoms with Crippen LogP contribution in [0.5, 0.6) is 0 Å². The van der Waals surface area contributed by atoms with Gasteiger partial charge in [0.25, 0.3) is 0 Å². The SMILES string of the molecule is Cc1cnc2c(c1)C(O)CC1CN(Cc3ccccc3)CCN21. The highest BCUT2D eigenvalue weighted by atomic mass is 16.3. The highest BCUT2D eigenvalue weighted by molar-refractivity contribution is 5.53. The molecular weight excluding hydrogens is 286 g/mol. The molecule has 1 fully saturated rings. The molecule has 0 aliphatic carbocycles. The van der Waals surface area contributed by atoms with Crippen molar-refractivity contribution in [1.82, 2.24) is 9.88 Å². The Hall–Kier alpha value is -1.91. The molecule has 2 unspecified atom stereocenters. The van der Waals surface area contributed by atoms with Crippen LogP contribution in [0, 0.1) is 6.92 Å². The highest BCUT2D eigenvalue weighted by Crippen LogP contribution is 2.37. The number of fused-ring (bicyclic) bond motifs is 3. The fourth-order valence-electron chi connectivity index (χ4n) is 3.84. The molecule has 0 bridgehead atoms. The van der Waals surface area contributed by atoms with Gasteiger partial charge in [0.05, 0.1) is 6.10 Å². The minimum absolute atomic E-state index is 0.352. The molecule has 0 amide bonds. The van der Waals surface area contributed by atoms with Crippen LogP contribution in [-0.4, -0.2) is 40.7 Å². The van der Waals surface area contributed by atoms with Crippen molar-refractivity contribution in [2.45, 2.75) is 32.0 Å². The summed E-state index contributed by atoms with van der Waals surface area (Å²) in [6, 6.07) is 13.0. The number of benzene rings is 1. The fraction of sp³-hybridized carbons (Fsp3) is 0.421. The van der Waals surface area contributed by atoms with Crippen molar-refractivity contribution in [1.29, 1.82) is 0 Å². The lowest BCUT2D eigenvalue weighted by Crippen LogP contribution is -2.55. The predicted molar refractivity (Wildman–Crippen MR) is 91.4 cm³/mol. The van der Waals surface area contributed by atoms with E-state index in [1.54, 1.807) is 0 Å². The Labute approximate surface area is 137 Å². The summed E-state index contributed by atoms with van der Waals surface area (Å²) >= 11 is 0. The minimum atomic E-state index is -0.393. The number of aryl methyl sites for hydroxylation is 1. The topological polar surface area (TPSA) is 39.6 Å². The average molecular weight is 309 g/mol. The van der Waals surface area contributed by atoms with Crippen LogP contribution in [0.25, 0.3) is 0 Å². The molecule has 23 heavy (non-hydrogen) atoms. The van der Waals surface area contributed by atoms with Crippen LogP contribution in [0.15, 0.2) is 42.6 Å². The lowest BCUT2D eigenvalue weighted by atomic mass is 9.93. The maximum atomic E-state index is 10.5. The van der Waals surface area contributed by atoms with Crippen molar-refractivity contribution in [3.8, 4) is 0 Å². The van der Waals surface area contributed by atoms with E-state index in [4.69, 9.17) is 0 Å². The van der Waals surface area contributed by atoms with Crippen molar-refractivity contribution >= 4 is 5.82 Å². The second kappa shape index (κ2) is 5.95. The van der Waals surface area contributed by atoms with E-state index in [1.165, 1.54) is 5.56 Å². The van der Waals surface area contributed by atoms with Gasteiger partial charge in [0.2, 0.25) is 0 Å². The summed E-state index contributed by atoms with van der Waals surface area (Å²) in [7, 11) is 0. The second-order valence-corrected chi connectivity index (χ2v) is 6.74. The van der Waals surface area contributed by atoms with Crippen LogP contribution < -0.4 is 4.90 Å². The van der Waals surface area contributed by atoms with Gasteiger partial charge in [0.15, 0.2) is 0 Å². The molecule has 4 heteroatoms. The number of aliphatic hydroxyl groups excluding tert-OH is 1. The molecule has 120 valence electrons. The van der Waals surface area contributed by atoms with Gasteiger partial charge in [0.1, 0.15) is 5.82 Å². The molecule has 2 atom stereocenters. The number of piperazine rings is 1. The molecule has 1 aromatic heterocycles. The van der Waals surface area contributed by atoms with Gasteiger partial charge in [-0.05, 0) is 30.5 Å². The summed E-state index contributed by atoms with van der Waals surface area (Å²) in [5.41, 5.74) is 3.47. The van der Waals surface area contributed by atoms with Crippen LogP contribution in [-0.2, 0) is 6.54 Å². The van der Waals surface area contributed by atoms with E-state index in [0.717, 1.165) is 49.5 Å². The first-order valence-electron chi connectivity index (χ1n) is 8.38. The molecule has 4 nitrogen and oxygen atoms in total. The summed E-state index contributed by atoms with van der Waals surface area (Å²) in [6.45, 7) is 6.02. The molecule has 2 aliphatic heterocycles. The van der Waals surface area contributed by atoms with E-state index in [0.29, 0.717) is 6.04 Å². The Kier molecular flexibility index (Phi) is 3.79. The zero-order chi connectivity index (χ0) is 15.8. The van der Waals surface area contributed by atoms with E-state index in [9.17, 15) is 5.11 Å². The number of anilines is 1. The van der Waals surface area contributed by atoms with Crippen LogP contribution >= 0.6 is 0 Å². The normalized spacial score (nSPS) is 24.2. The molecular formula is C19H23N3O. The number of nitrogens with zero attached hydrogens (tertiary/aromatic N) is 3. The third-order valence-corrected chi connectivity index (χ3v) is 4.97. The maximum Gasteiger partial charge on any atom is 0.134 e. The van der Waals surface area contributed by atoms with Crippen molar-refractivity contribution in [3.63, 3.8) is 0 Å². The first-order valence-corrected chi connectivity index (χ1v) is 8.38. The summed E-state index contributed by atoms with van der Waals surface area (Å²) in [5.74, 6) is 0.985. The third-order valence-electron chi connectivity index (χ3n) is 4.97. The molecule has 2 aliphatic rings. The molecule has 0 saturated carbocycles. The number of aromatic nitrogens is 1. The van der Waals surface area contributed by atoms with Crippen molar-refractivity contribution < 1.29 is 5.11 Å². The number of hydrogen-bond acceptors (Lipinski definition) is 4. The van der Waals surface area contributed by atoms with Gasteiger partial charge in [0, 0.05) is 44.0 Å². The predicted octanol–water partition coefficient (Wildman–Crippen LogP) is 2.52. The van der Waals surface area contributed by atoms with E-state index in [2.05, 4.69) is 51.2 Å². The van der Waals surface area contributed by atoms with Crippen molar-refractivity contribution in [3.05, 3.63) is 59.3 Å². The van der Waals surface area contributed by atoms with E-state index in [1.807, 2.05) is 13.1 Å². The molecule has 1 N–H and O–H groups in total. The van der Waals surface area contributed by atoms with E-state index >= 15 is 0 Å². The zero-order valence-electron chi connectivity index (χ0n) is 13.5. The standard InChI is InChI=1S/C19H23N3O/c1-14-9-17-18(23)10-16-13-21(12-15-5-3-2-4-6-15)7-8-22(16)19(17)20-11-14/h2-6,9,11,16,18,23H,7-8,10,12-13H2,1H3. The van der Waals surface area contributed by atoms with E-state index in [-0.39, 0.29) is 0 Å².